The zero-order valence-corrected chi connectivity index (χ0v) is 16.3. The molecule has 0 saturated carbocycles. The fourth-order valence-electron chi connectivity index (χ4n) is 2.94. The highest BCUT2D eigenvalue weighted by molar-refractivity contribution is 5.87. The minimum atomic E-state index is -0.670. The normalized spacial score (nSPS) is 11.2. The summed E-state index contributed by atoms with van der Waals surface area (Å²) in [5.41, 5.74) is 6.19. The molecule has 3 rings (SSSR count). The summed E-state index contributed by atoms with van der Waals surface area (Å²) >= 11 is 0. The Morgan fingerprint density at radius 1 is 0.900 bits per heavy atom. The first-order chi connectivity index (χ1) is 14.5. The van der Waals surface area contributed by atoms with Crippen molar-refractivity contribution in [2.45, 2.75) is 19.8 Å². The monoisotopic (exact) mass is 404 g/mol. The lowest BCUT2D eigenvalue weighted by atomic mass is 10.0. The second kappa shape index (κ2) is 9.42. The predicted molar refractivity (Wildman–Crippen MR) is 117 cm³/mol. The molecule has 0 aliphatic carbocycles. The highest BCUT2D eigenvalue weighted by Gasteiger charge is 2.19. The molecular formula is C22H20N4O4. The average molecular weight is 404 g/mol. The van der Waals surface area contributed by atoms with Gasteiger partial charge in [0.05, 0.1) is 15.9 Å². The number of nitro groups is 2. The van der Waals surface area contributed by atoms with Gasteiger partial charge in [-0.3, -0.25) is 25.7 Å². The maximum absolute atomic E-state index is 11.2. The third-order valence-corrected chi connectivity index (χ3v) is 4.60. The first kappa shape index (κ1) is 20.7. The summed E-state index contributed by atoms with van der Waals surface area (Å²) in [6.45, 7) is 1.95. The van der Waals surface area contributed by atoms with Gasteiger partial charge < -0.3 is 0 Å². The molecule has 8 nitrogen and oxygen atoms in total. The van der Waals surface area contributed by atoms with Crippen molar-refractivity contribution in [2.75, 3.05) is 5.43 Å². The fraction of sp³-hybridized carbons (Fsp3) is 0.136. The molecule has 30 heavy (non-hydrogen) atoms. The second-order valence-corrected chi connectivity index (χ2v) is 6.60. The van der Waals surface area contributed by atoms with Gasteiger partial charge in [-0.25, -0.2) is 0 Å². The number of hydrogen-bond donors (Lipinski definition) is 1. The largest absolute Gasteiger partial charge is 0.301 e. The van der Waals surface area contributed by atoms with Gasteiger partial charge in [0.1, 0.15) is 5.69 Å². The predicted octanol–water partition coefficient (Wildman–Crippen LogP) is 5.59. The maximum atomic E-state index is 11.2. The molecule has 0 saturated heterocycles. The third-order valence-electron chi connectivity index (χ3n) is 4.60. The smallest absolute Gasteiger partial charge is 0.272 e. The molecule has 0 radical (unpaired) electrons. The van der Waals surface area contributed by atoms with Gasteiger partial charge in [-0.1, -0.05) is 61.5 Å². The number of nitrogens with zero attached hydrogens (tertiary/aromatic N) is 3. The Kier molecular flexibility index (Phi) is 6.49. The van der Waals surface area contributed by atoms with Gasteiger partial charge in [0.15, 0.2) is 0 Å². The second-order valence-electron chi connectivity index (χ2n) is 6.60. The van der Waals surface area contributed by atoms with E-state index < -0.39 is 15.5 Å². The van der Waals surface area contributed by atoms with Gasteiger partial charge in [-0.2, -0.15) is 5.10 Å². The Morgan fingerprint density at radius 3 is 2.17 bits per heavy atom. The third kappa shape index (κ3) is 5.05. The van der Waals surface area contributed by atoms with Crippen LogP contribution in [0.15, 0.2) is 77.9 Å². The Balaban J connectivity index is 1.75. The van der Waals surface area contributed by atoms with Crippen molar-refractivity contribution in [1.29, 1.82) is 0 Å². The van der Waals surface area contributed by atoms with E-state index in [1.807, 2.05) is 49.4 Å². The number of rotatable bonds is 8. The van der Waals surface area contributed by atoms with Crippen LogP contribution in [0.5, 0.6) is 0 Å². The SMILES string of the molecule is CCC(Cc1ccc(-c2ccccc2)cc1)=NNc1ccc([N+](=O)[O-])cc1[N+](=O)[O-]. The van der Waals surface area contributed by atoms with Crippen molar-refractivity contribution in [1.82, 2.24) is 0 Å². The highest BCUT2D eigenvalue weighted by Crippen LogP contribution is 2.29. The van der Waals surface area contributed by atoms with E-state index in [2.05, 4.69) is 22.7 Å². The molecule has 152 valence electrons. The van der Waals surface area contributed by atoms with Crippen LogP contribution >= 0.6 is 0 Å². The van der Waals surface area contributed by atoms with Gasteiger partial charge in [0.25, 0.3) is 5.69 Å². The summed E-state index contributed by atoms with van der Waals surface area (Å²) in [5, 5.41) is 26.4. The summed E-state index contributed by atoms with van der Waals surface area (Å²) < 4.78 is 0. The van der Waals surface area contributed by atoms with E-state index in [1.54, 1.807) is 0 Å². The summed E-state index contributed by atoms with van der Waals surface area (Å²) in [6.07, 6.45) is 1.23. The van der Waals surface area contributed by atoms with E-state index >= 15 is 0 Å². The lowest BCUT2D eigenvalue weighted by molar-refractivity contribution is -0.393. The van der Waals surface area contributed by atoms with Crippen molar-refractivity contribution in [3.8, 4) is 11.1 Å². The summed E-state index contributed by atoms with van der Waals surface area (Å²) in [5.74, 6) is 0. The molecule has 3 aromatic rings. The molecule has 0 aliphatic rings. The lowest BCUT2D eigenvalue weighted by Crippen LogP contribution is -2.06. The standard InChI is InChI=1S/C22H20N4O4/c1-2-19(14-16-8-10-18(11-9-16)17-6-4-3-5-7-17)23-24-21-13-12-20(25(27)28)15-22(21)26(29)30/h3-13,15,24H,2,14H2,1H3. The Labute approximate surface area is 173 Å². The molecular weight excluding hydrogens is 384 g/mol. The molecule has 0 aliphatic heterocycles. The van der Waals surface area contributed by atoms with Crippen LogP contribution in [0.25, 0.3) is 11.1 Å². The topological polar surface area (TPSA) is 111 Å². The number of nitrogens with one attached hydrogen (secondary N) is 1. The van der Waals surface area contributed by atoms with E-state index in [4.69, 9.17) is 0 Å². The van der Waals surface area contributed by atoms with E-state index in [1.165, 1.54) is 12.1 Å². The van der Waals surface area contributed by atoms with Gasteiger partial charge in [0, 0.05) is 18.2 Å². The van der Waals surface area contributed by atoms with Crippen LogP contribution in [0.2, 0.25) is 0 Å². The highest BCUT2D eigenvalue weighted by atomic mass is 16.6. The zero-order chi connectivity index (χ0) is 21.5. The number of anilines is 1. The first-order valence-electron chi connectivity index (χ1n) is 9.36. The summed E-state index contributed by atoms with van der Waals surface area (Å²) in [6, 6.07) is 21.6. The van der Waals surface area contributed by atoms with Crippen LogP contribution < -0.4 is 5.43 Å². The van der Waals surface area contributed by atoms with Gasteiger partial charge in [0.2, 0.25) is 0 Å². The number of hydrazone groups is 1. The number of benzene rings is 3. The van der Waals surface area contributed by atoms with Crippen LogP contribution in [0.4, 0.5) is 17.1 Å². The van der Waals surface area contributed by atoms with Gasteiger partial charge in [-0.15, -0.1) is 0 Å². The molecule has 1 N–H and O–H groups in total. The number of non-ortho nitro benzene ring substituents is 1. The molecule has 3 aromatic carbocycles. The minimum absolute atomic E-state index is 0.107. The lowest BCUT2D eigenvalue weighted by Gasteiger charge is -2.08. The minimum Gasteiger partial charge on any atom is -0.272 e. The van der Waals surface area contributed by atoms with Gasteiger partial charge >= 0.3 is 5.69 Å². The van der Waals surface area contributed by atoms with E-state index in [0.717, 1.165) is 28.5 Å². The van der Waals surface area contributed by atoms with Crippen LogP contribution in [0.3, 0.4) is 0 Å². The Hall–Kier alpha value is -4.07. The molecule has 0 aromatic heterocycles. The van der Waals surface area contributed by atoms with E-state index in [0.29, 0.717) is 12.8 Å². The molecule has 0 bridgehead atoms. The Morgan fingerprint density at radius 2 is 1.57 bits per heavy atom. The molecule has 0 atom stereocenters. The number of hydrogen-bond acceptors (Lipinski definition) is 6. The van der Waals surface area contributed by atoms with Crippen LogP contribution in [0, 0.1) is 20.2 Å². The molecule has 0 unspecified atom stereocenters. The number of nitro benzene ring substituents is 2. The molecule has 8 heteroatoms. The van der Waals surface area contributed by atoms with Crippen molar-refractivity contribution in [3.05, 3.63) is 98.6 Å². The molecule has 0 amide bonds. The first-order valence-corrected chi connectivity index (χ1v) is 9.36. The van der Waals surface area contributed by atoms with Crippen molar-refractivity contribution < 1.29 is 9.85 Å². The molecule has 0 heterocycles. The molecule has 0 spiro atoms. The van der Waals surface area contributed by atoms with E-state index in [9.17, 15) is 20.2 Å². The zero-order valence-electron chi connectivity index (χ0n) is 16.3. The maximum Gasteiger partial charge on any atom is 0.301 e. The van der Waals surface area contributed by atoms with Crippen LogP contribution in [0.1, 0.15) is 18.9 Å². The quantitative estimate of drug-likeness (QED) is 0.299. The summed E-state index contributed by atoms with van der Waals surface area (Å²) in [4.78, 5) is 20.8. The van der Waals surface area contributed by atoms with Gasteiger partial charge in [-0.05, 0) is 29.2 Å². The Bertz CT molecular complexity index is 1080. The van der Waals surface area contributed by atoms with Crippen LogP contribution in [-0.4, -0.2) is 15.6 Å². The average Bonchev–Trinajstić information content (AvgIpc) is 2.77. The van der Waals surface area contributed by atoms with Crippen LogP contribution in [-0.2, 0) is 6.42 Å². The summed E-state index contributed by atoms with van der Waals surface area (Å²) in [7, 11) is 0. The molecule has 0 fully saturated rings. The fourth-order valence-corrected chi connectivity index (χ4v) is 2.94. The van der Waals surface area contributed by atoms with Crippen molar-refractivity contribution in [2.24, 2.45) is 5.10 Å². The van der Waals surface area contributed by atoms with Crippen molar-refractivity contribution >= 4 is 22.8 Å². The van der Waals surface area contributed by atoms with E-state index in [-0.39, 0.29) is 11.4 Å². The van der Waals surface area contributed by atoms with Crippen molar-refractivity contribution in [3.63, 3.8) is 0 Å².